The summed E-state index contributed by atoms with van der Waals surface area (Å²) >= 11 is 1.77. The van der Waals surface area contributed by atoms with Crippen molar-refractivity contribution in [2.75, 3.05) is 19.4 Å². The highest BCUT2D eigenvalue weighted by Gasteiger charge is 2.30. The molecule has 0 saturated heterocycles. The highest BCUT2D eigenvalue weighted by molar-refractivity contribution is 7.99. The molecule has 0 amide bonds. The summed E-state index contributed by atoms with van der Waals surface area (Å²) in [6.07, 6.45) is 2.54. The monoisotopic (exact) mass is 311 g/mol. The Morgan fingerprint density at radius 2 is 2.19 bits per heavy atom. The van der Waals surface area contributed by atoms with E-state index >= 15 is 0 Å². The lowest BCUT2D eigenvalue weighted by Crippen LogP contribution is -2.49. The van der Waals surface area contributed by atoms with Crippen molar-refractivity contribution in [3.05, 3.63) is 24.3 Å². The zero-order chi connectivity index (χ0) is 15.7. The van der Waals surface area contributed by atoms with Crippen LogP contribution < -0.4 is 10.1 Å². The van der Waals surface area contributed by atoms with Crippen LogP contribution in [0, 0.1) is 0 Å². The minimum atomic E-state index is -0.810. The molecule has 0 aromatic heterocycles. The van der Waals surface area contributed by atoms with Crippen LogP contribution in [0.1, 0.15) is 33.1 Å². The lowest BCUT2D eigenvalue weighted by molar-refractivity contribution is -0.144. The average molecular weight is 311 g/mol. The molecule has 4 nitrogen and oxygen atoms in total. The SMILES string of the molecule is CCNC(C)(CCCCSc1cccc(OC)c1)C(=O)O. The van der Waals surface area contributed by atoms with Crippen molar-refractivity contribution in [3.8, 4) is 5.75 Å². The molecule has 1 unspecified atom stereocenters. The Balaban J connectivity index is 2.32. The summed E-state index contributed by atoms with van der Waals surface area (Å²) in [4.78, 5) is 12.5. The van der Waals surface area contributed by atoms with Gasteiger partial charge in [-0.25, -0.2) is 0 Å². The first kappa shape index (κ1) is 17.9. The van der Waals surface area contributed by atoms with E-state index in [-0.39, 0.29) is 0 Å². The molecule has 0 aliphatic rings. The molecule has 0 spiro atoms. The van der Waals surface area contributed by atoms with Crippen LogP contribution in [0.5, 0.6) is 5.75 Å². The summed E-state index contributed by atoms with van der Waals surface area (Å²) in [6.45, 7) is 4.36. The zero-order valence-electron chi connectivity index (χ0n) is 13.0. The quantitative estimate of drug-likeness (QED) is 0.512. The molecule has 0 aliphatic heterocycles. The van der Waals surface area contributed by atoms with Crippen molar-refractivity contribution in [2.45, 2.75) is 43.5 Å². The molecule has 0 fully saturated rings. The Labute approximate surface area is 131 Å². The predicted molar refractivity (Wildman–Crippen MR) is 87.3 cm³/mol. The van der Waals surface area contributed by atoms with Crippen molar-refractivity contribution in [2.24, 2.45) is 0 Å². The number of nitrogens with one attached hydrogen (secondary N) is 1. The number of benzene rings is 1. The Bertz CT molecular complexity index is 453. The Kier molecular flexibility index (Phi) is 7.61. The fraction of sp³-hybridized carbons (Fsp3) is 0.562. The molecular weight excluding hydrogens is 286 g/mol. The summed E-state index contributed by atoms with van der Waals surface area (Å²) in [5.41, 5.74) is -0.810. The van der Waals surface area contributed by atoms with Crippen LogP contribution in [0.3, 0.4) is 0 Å². The van der Waals surface area contributed by atoms with Gasteiger partial charge in [0, 0.05) is 4.90 Å². The van der Waals surface area contributed by atoms with E-state index in [2.05, 4.69) is 11.4 Å². The van der Waals surface area contributed by atoms with Crippen LogP contribution in [-0.2, 0) is 4.79 Å². The van der Waals surface area contributed by atoms with E-state index in [9.17, 15) is 9.90 Å². The van der Waals surface area contributed by atoms with Crippen molar-refractivity contribution in [1.82, 2.24) is 5.32 Å². The molecular formula is C16H25NO3S. The number of carboxylic acid groups (broad SMARTS) is 1. The highest BCUT2D eigenvalue weighted by Crippen LogP contribution is 2.24. The number of hydrogen-bond acceptors (Lipinski definition) is 4. The number of methoxy groups -OCH3 is 1. The summed E-state index contributed by atoms with van der Waals surface area (Å²) in [6, 6.07) is 7.99. The van der Waals surface area contributed by atoms with Gasteiger partial charge in [-0.15, -0.1) is 11.8 Å². The second-order valence-corrected chi connectivity index (χ2v) is 6.32. The molecule has 2 N–H and O–H groups in total. The predicted octanol–water partition coefficient (Wildman–Crippen LogP) is 3.41. The van der Waals surface area contributed by atoms with Crippen LogP contribution in [0.15, 0.2) is 29.2 Å². The summed E-state index contributed by atoms with van der Waals surface area (Å²) in [5, 5.41) is 12.3. The number of aliphatic carboxylic acids is 1. The number of thioether (sulfide) groups is 1. The Hall–Kier alpha value is -1.20. The second kappa shape index (κ2) is 8.95. The maximum Gasteiger partial charge on any atom is 0.323 e. The van der Waals surface area contributed by atoms with Gasteiger partial charge < -0.3 is 15.2 Å². The summed E-state index contributed by atoms with van der Waals surface area (Å²) < 4.78 is 5.19. The third kappa shape index (κ3) is 5.98. The van der Waals surface area contributed by atoms with Crippen molar-refractivity contribution >= 4 is 17.7 Å². The van der Waals surface area contributed by atoms with Gasteiger partial charge in [-0.05, 0) is 50.3 Å². The standard InChI is InChI=1S/C16H25NO3S/c1-4-17-16(2,15(18)19)10-5-6-11-21-14-9-7-8-13(12-14)20-3/h7-9,12,17H,4-6,10-11H2,1-3H3,(H,18,19). The van der Waals surface area contributed by atoms with E-state index in [0.29, 0.717) is 13.0 Å². The number of rotatable bonds is 10. The van der Waals surface area contributed by atoms with E-state index in [4.69, 9.17) is 4.74 Å². The van der Waals surface area contributed by atoms with Gasteiger partial charge in [0.15, 0.2) is 0 Å². The van der Waals surface area contributed by atoms with E-state index in [1.165, 1.54) is 4.90 Å². The minimum Gasteiger partial charge on any atom is -0.497 e. The first-order chi connectivity index (χ1) is 10.0. The smallest absolute Gasteiger partial charge is 0.323 e. The number of unbranched alkanes of at least 4 members (excludes halogenated alkanes) is 1. The van der Waals surface area contributed by atoms with Crippen LogP contribution in [0.4, 0.5) is 0 Å². The van der Waals surface area contributed by atoms with Crippen LogP contribution >= 0.6 is 11.8 Å². The number of likely N-dealkylation sites (N-methyl/N-ethyl adjacent to an activating group) is 1. The zero-order valence-corrected chi connectivity index (χ0v) is 13.8. The molecule has 0 bridgehead atoms. The van der Waals surface area contributed by atoms with Crippen LogP contribution in [0.2, 0.25) is 0 Å². The lowest BCUT2D eigenvalue weighted by Gasteiger charge is -2.25. The molecule has 118 valence electrons. The van der Waals surface area contributed by atoms with Crippen molar-refractivity contribution in [3.63, 3.8) is 0 Å². The molecule has 1 aromatic carbocycles. The van der Waals surface area contributed by atoms with E-state index in [1.807, 2.05) is 25.1 Å². The molecule has 0 aliphatic carbocycles. The third-order valence-corrected chi connectivity index (χ3v) is 4.50. The Morgan fingerprint density at radius 1 is 1.43 bits per heavy atom. The fourth-order valence-electron chi connectivity index (χ4n) is 2.12. The molecule has 1 rings (SSSR count). The van der Waals surface area contributed by atoms with Gasteiger partial charge in [0.1, 0.15) is 11.3 Å². The maximum atomic E-state index is 11.3. The molecule has 5 heteroatoms. The number of carbonyl (C=O) groups is 1. The maximum absolute atomic E-state index is 11.3. The van der Waals surface area contributed by atoms with E-state index in [1.54, 1.807) is 25.8 Å². The third-order valence-electron chi connectivity index (χ3n) is 3.42. The molecule has 1 aromatic rings. The molecule has 0 saturated carbocycles. The number of hydrogen-bond donors (Lipinski definition) is 2. The van der Waals surface area contributed by atoms with Crippen molar-refractivity contribution < 1.29 is 14.6 Å². The molecule has 1 atom stereocenters. The number of carboxylic acids is 1. The first-order valence-electron chi connectivity index (χ1n) is 7.27. The average Bonchev–Trinajstić information content (AvgIpc) is 2.47. The first-order valence-corrected chi connectivity index (χ1v) is 8.25. The number of ether oxygens (including phenoxy) is 1. The van der Waals surface area contributed by atoms with Crippen LogP contribution in [0.25, 0.3) is 0 Å². The largest absolute Gasteiger partial charge is 0.497 e. The summed E-state index contributed by atoms with van der Waals surface area (Å²) in [7, 11) is 1.66. The molecule has 0 heterocycles. The van der Waals surface area contributed by atoms with E-state index < -0.39 is 11.5 Å². The van der Waals surface area contributed by atoms with Gasteiger partial charge >= 0.3 is 5.97 Å². The lowest BCUT2D eigenvalue weighted by atomic mass is 9.95. The molecule has 0 radical (unpaired) electrons. The van der Waals surface area contributed by atoms with E-state index in [0.717, 1.165) is 24.3 Å². The minimum absolute atomic E-state index is 0.648. The van der Waals surface area contributed by atoms with Gasteiger partial charge in [-0.1, -0.05) is 19.4 Å². The van der Waals surface area contributed by atoms with Gasteiger partial charge in [0.2, 0.25) is 0 Å². The van der Waals surface area contributed by atoms with Gasteiger partial charge in [0.25, 0.3) is 0 Å². The summed E-state index contributed by atoms with van der Waals surface area (Å²) in [5.74, 6) is 1.07. The van der Waals surface area contributed by atoms with Crippen LogP contribution in [-0.4, -0.2) is 36.0 Å². The van der Waals surface area contributed by atoms with Gasteiger partial charge in [-0.3, -0.25) is 4.79 Å². The molecule has 21 heavy (non-hydrogen) atoms. The fourth-order valence-corrected chi connectivity index (χ4v) is 3.08. The normalized spacial score (nSPS) is 13.7. The second-order valence-electron chi connectivity index (χ2n) is 5.15. The highest BCUT2D eigenvalue weighted by atomic mass is 32.2. The topological polar surface area (TPSA) is 58.6 Å². The van der Waals surface area contributed by atoms with Crippen molar-refractivity contribution in [1.29, 1.82) is 0 Å². The van der Waals surface area contributed by atoms with Gasteiger partial charge in [0.05, 0.1) is 7.11 Å². The Morgan fingerprint density at radius 3 is 2.81 bits per heavy atom. The van der Waals surface area contributed by atoms with Gasteiger partial charge in [-0.2, -0.15) is 0 Å².